The maximum Gasteiger partial charge on any atom is 0.315 e. The summed E-state index contributed by atoms with van der Waals surface area (Å²) < 4.78 is 0. The monoisotopic (exact) mass is 310 g/mol. The predicted octanol–water partition coefficient (Wildman–Crippen LogP) is 2.26. The number of nitrogen functional groups attached to an aromatic ring is 1. The van der Waals surface area contributed by atoms with Crippen LogP contribution < -0.4 is 16.4 Å². The fourth-order valence-corrected chi connectivity index (χ4v) is 2.22. The molecule has 0 aliphatic carbocycles. The lowest BCUT2D eigenvalue weighted by atomic mass is 10.3. The number of nitrogens with two attached hydrogens (primary N) is 1. The van der Waals surface area contributed by atoms with Gasteiger partial charge >= 0.3 is 11.8 Å². The number of nitrogens with one attached hydrogen (secondary N) is 2. The summed E-state index contributed by atoms with van der Waals surface area (Å²) >= 11 is 7.07. The number of carbonyl (C=O) groups is 2. The minimum Gasteiger partial charge on any atom is -0.398 e. The molecule has 1 heterocycles. The number of rotatable bonds is 2. The first-order valence-electron chi connectivity index (χ1n) is 5.55. The van der Waals surface area contributed by atoms with E-state index in [1.54, 1.807) is 24.4 Å². The van der Waals surface area contributed by atoms with Gasteiger partial charge in [0.25, 0.3) is 0 Å². The van der Waals surface area contributed by atoms with Crippen molar-refractivity contribution >= 4 is 51.3 Å². The Balaban J connectivity index is 2.00. The third kappa shape index (κ3) is 3.46. The van der Waals surface area contributed by atoms with Gasteiger partial charge in [0.1, 0.15) is 0 Å². The molecular weight excluding hydrogens is 300 g/mol. The SMILES string of the molecule is Cc1csc(NC(=O)C(=O)Nc2ccc(N)c(Cl)c2)n1. The van der Waals surface area contributed by atoms with Gasteiger partial charge in [-0.25, -0.2) is 4.98 Å². The van der Waals surface area contributed by atoms with Gasteiger partial charge in [-0.2, -0.15) is 0 Å². The van der Waals surface area contributed by atoms with Crippen LogP contribution in [-0.2, 0) is 9.59 Å². The Morgan fingerprint density at radius 2 is 2.00 bits per heavy atom. The van der Waals surface area contributed by atoms with E-state index in [0.29, 0.717) is 21.5 Å². The van der Waals surface area contributed by atoms with Crippen molar-refractivity contribution in [1.29, 1.82) is 0 Å². The molecule has 0 atom stereocenters. The van der Waals surface area contributed by atoms with Crippen molar-refractivity contribution in [3.63, 3.8) is 0 Å². The van der Waals surface area contributed by atoms with E-state index >= 15 is 0 Å². The Bertz CT molecular complexity index is 671. The fraction of sp³-hybridized carbons (Fsp3) is 0.0833. The van der Waals surface area contributed by atoms with Crippen molar-refractivity contribution in [1.82, 2.24) is 4.98 Å². The second kappa shape index (κ2) is 5.89. The molecule has 0 aliphatic rings. The first-order valence-corrected chi connectivity index (χ1v) is 6.81. The lowest BCUT2D eigenvalue weighted by Crippen LogP contribution is -2.29. The summed E-state index contributed by atoms with van der Waals surface area (Å²) in [6.07, 6.45) is 0. The highest BCUT2D eigenvalue weighted by Gasteiger charge is 2.15. The Labute approximate surface area is 124 Å². The van der Waals surface area contributed by atoms with Gasteiger partial charge in [-0.1, -0.05) is 11.6 Å². The lowest BCUT2D eigenvalue weighted by molar-refractivity contribution is -0.132. The van der Waals surface area contributed by atoms with Gasteiger partial charge in [0.2, 0.25) is 0 Å². The molecule has 104 valence electrons. The van der Waals surface area contributed by atoms with Gasteiger partial charge in [0.05, 0.1) is 16.4 Å². The molecule has 2 amide bonds. The molecule has 0 radical (unpaired) electrons. The molecule has 0 spiro atoms. The van der Waals surface area contributed by atoms with Crippen LogP contribution in [0.25, 0.3) is 0 Å². The second-order valence-corrected chi connectivity index (χ2v) is 5.20. The van der Waals surface area contributed by atoms with E-state index in [-0.39, 0.29) is 0 Å². The number of aryl methyl sites for hydroxylation is 1. The van der Waals surface area contributed by atoms with Crippen molar-refractivity contribution in [2.75, 3.05) is 16.4 Å². The molecule has 0 saturated heterocycles. The predicted molar refractivity (Wildman–Crippen MR) is 80.0 cm³/mol. The summed E-state index contributed by atoms with van der Waals surface area (Å²) in [7, 11) is 0. The molecule has 1 aromatic heterocycles. The number of halogens is 1. The molecule has 2 aromatic rings. The van der Waals surface area contributed by atoms with Crippen molar-refractivity contribution in [2.45, 2.75) is 6.92 Å². The number of hydrogen-bond donors (Lipinski definition) is 3. The van der Waals surface area contributed by atoms with E-state index in [4.69, 9.17) is 17.3 Å². The zero-order valence-electron chi connectivity index (χ0n) is 10.4. The van der Waals surface area contributed by atoms with Crippen LogP contribution in [0.1, 0.15) is 5.69 Å². The van der Waals surface area contributed by atoms with Gasteiger partial charge in [-0.3, -0.25) is 14.9 Å². The summed E-state index contributed by atoms with van der Waals surface area (Å²) in [5.74, 6) is -1.61. The number of carbonyl (C=O) groups excluding carboxylic acids is 2. The number of anilines is 3. The van der Waals surface area contributed by atoms with Crippen LogP contribution in [-0.4, -0.2) is 16.8 Å². The number of nitrogens with zero attached hydrogens (tertiary/aromatic N) is 1. The van der Waals surface area contributed by atoms with Gasteiger partial charge in [0.15, 0.2) is 5.13 Å². The molecule has 0 unspecified atom stereocenters. The van der Waals surface area contributed by atoms with Crippen LogP contribution in [0, 0.1) is 6.92 Å². The zero-order valence-corrected chi connectivity index (χ0v) is 12.0. The van der Waals surface area contributed by atoms with Crippen LogP contribution in [0.15, 0.2) is 23.6 Å². The molecule has 4 N–H and O–H groups in total. The standard InChI is InChI=1S/C12H11ClN4O2S/c1-6-5-20-12(15-6)17-11(19)10(18)16-7-2-3-9(14)8(13)4-7/h2-5H,14H2,1H3,(H,16,18)(H,15,17,19). The Kier molecular flexibility index (Phi) is 4.21. The van der Waals surface area contributed by atoms with Gasteiger partial charge in [-0.05, 0) is 25.1 Å². The van der Waals surface area contributed by atoms with Crippen LogP contribution in [0.4, 0.5) is 16.5 Å². The number of hydrogen-bond acceptors (Lipinski definition) is 5. The van der Waals surface area contributed by atoms with E-state index < -0.39 is 11.8 Å². The van der Waals surface area contributed by atoms with E-state index in [2.05, 4.69) is 15.6 Å². The molecule has 2 rings (SSSR count). The van der Waals surface area contributed by atoms with E-state index in [1.165, 1.54) is 17.4 Å². The zero-order chi connectivity index (χ0) is 14.7. The Hall–Kier alpha value is -2.12. The Morgan fingerprint density at radius 3 is 2.60 bits per heavy atom. The van der Waals surface area contributed by atoms with Crippen LogP contribution in [0.5, 0.6) is 0 Å². The van der Waals surface area contributed by atoms with Crippen LogP contribution >= 0.6 is 22.9 Å². The number of benzene rings is 1. The maximum atomic E-state index is 11.7. The molecule has 6 nitrogen and oxygen atoms in total. The summed E-state index contributed by atoms with van der Waals surface area (Å²) in [6, 6.07) is 4.57. The quantitative estimate of drug-likeness (QED) is 0.585. The highest BCUT2D eigenvalue weighted by molar-refractivity contribution is 7.14. The molecule has 0 fully saturated rings. The molecular formula is C12H11ClN4O2S. The maximum absolute atomic E-state index is 11.7. The average molecular weight is 311 g/mol. The number of amides is 2. The summed E-state index contributed by atoms with van der Waals surface area (Å²) in [6.45, 7) is 1.79. The third-order valence-corrected chi connectivity index (χ3v) is 3.51. The van der Waals surface area contributed by atoms with Crippen molar-refractivity contribution in [3.8, 4) is 0 Å². The smallest absolute Gasteiger partial charge is 0.315 e. The molecule has 0 aliphatic heterocycles. The number of aromatic nitrogens is 1. The van der Waals surface area contributed by atoms with Crippen LogP contribution in [0.3, 0.4) is 0 Å². The second-order valence-electron chi connectivity index (χ2n) is 3.94. The third-order valence-electron chi connectivity index (χ3n) is 2.30. The van der Waals surface area contributed by atoms with Gasteiger partial charge in [-0.15, -0.1) is 11.3 Å². The molecule has 1 aromatic carbocycles. The summed E-state index contributed by atoms with van der Waals surface area (Å²) in [4.78, 5) is 27.4. The average Bonchev–Trinajstić information content (AvgIpc) is 2.79. The van der Waals surface area contributed by atoms with Crippen molar-refractivity contribution < 1.29 is 9.59 Å². The molecule has 0 bridgehead atoms. The molecule has 0 saturated carbocycles. The van der Waals surface area contributed by atoms with Crippen molar-refractivity contribution in [2.24, 2.45) is 0 Å². The fourth-order valence-electron chi connectivity index (χ4n) is 1.36. The summed E-state index contributed by atoms with van der Waals surface area (Å²) in [5, 5.41) is 7.28. The first kappa shape index (κ1) is 14.3. The van der Waals surface area contributed by atoms with E-state index in [0.717, 1.165) is 5.69 Å². The molecule has 20 heavy (non-hydrogen) atoms. The van der Waals surface area contributed by atoms with Gasteiger partial charge < -0.3 is 11.1 Å². The topological polar surface area (TPSA) is 97.1 Å². The number of thiazole rings is 1. The normalized spacial score (nSPS) is 10.1. The first-order chi connectivity index (χ1) is 9.45. The minimum atomic E-state index is -0.807. The van der Waals surface area contributed by atoms with E-state index in [9.17, 15) is 9.59 Å². The summed E-state index contributed by atoms with van der Waals surface area (Å²) in [5.41, 5.74) is 7.11. The van der Waals surface area contributed by atoms with Gasteiger partial charge in [0, 0.05) is 11.1 Å². The highest BCUT2D eigenvalue weighted by atomic mass is 35.5. The van der Waals surface area contributed by atoms with Crippen LogP contribution in [0.2, 0.25) is 5.02 Å². The highest BCUT2D eigenvalue weighted by Crippen LogP contribution is 2.22. The lowest BCUT2D eigenvalue weighted by Gasteiger charge is -2.06. The van der Waals surface area contributed by atoms with Crippen molar-refractivity contribution in [3.05, 3.63) is 34.3 Å². The minimum absolute atomic E-state index is 0.304. The Morgan fingerprint density at radius 1 is 1.30 bits per heavy atom. The largest absolute Gasteiger partial charge is 0.398 e. The van der Waals surface area contributed by atoms with E-state index in [1.807, 2.05) is 0 Å². The molecule has 8 heteroatoms.